The summed E-state index contributed by atoms with van der Waals surface area (Å²) < 4.78 is 41.2. The summed E-state index contributed by atoms with van der Waals surface area (Å²) in [6.45, 7) is 0.795. The van der Waals surface area contributed by atoms with Crippen molar-refractivity contribution in [3.8, 4) is 5.88 Å². The van der Waals surface area contributed by atoms with Gasteiger partial charge in [0.25, 0.3) is 5.91 Å². The molecule has 1 atom stereocenters. The highest BCUT2D eigenvalue weighted by atomic mass is 19.4. The van der Waals surface area contributed by atoms with E-state index in [0.29, 0.717) is 12.5 Å². The summed E-state index contributed by atoms with van der Waals surface area (Å²) in [5.41, 5.74) is 0.00974. The van der Waals surface area contributed by atoms with Gasteiger partial charge in [-0.3, -0.25) is 4.79 Å². The molecular weight excluding hydrogens is 299 g/mol. The van der Waals surface area contributed by atoms with Gasteiger partial charge in [-0.25, -0.2) is 4.98 Å². The molecule has 1 aromatic heterocycles. The van der Waals surface area contributed by atoms with Crippen LogP contribution in [0.5, 0.6) is 5.88 Å². The van der Waals surface area contributed by atoms with Gasteiger partial charge in [0.1, 0.15) is 5.56 Å². The normalized spacial score (nSPS) is 18.8. The third kappa shape index (κ3) is 5.18. The molecular formula is C14H18F3N3O2. The fourth-order valence-electron chi connectivity index (χ4n) is 2.26. The molecule has 5 nitrogen and oxygen atoms in total. The standard InChI is InChI=1S/C14H18F3N3O2/c15-14(16,17)9-22-13-11(4-2-6-19-13)12(21)20-8-10-3-1-5-18-7-10/h2,4,6,10,18H,1,3,5,7-9H2,(H,20,21). The first-order chi connectivity index (χ1) is 10.5. The molecule has 2 rings (SSSR count). The number of rotatable bonds is 5. The number of hydrogen-bond donors (Lipinski definition) is 2. The molecule has 22 heavy (non-hydrogen) atoms. The first-order valence-electron chi connectivity index (χ1n) is 7.09. The summed E-state index contributed by atoms with van der Waals surface area (Å²) in [4.78, 5) is 15.8. The Labute approximate surface area is 126 Å². The lowest BCUT2D eigenvalue weighted by atomic mass is 10.00. The van der Waals surface area contributed by atoms with E-state index in [1.807, 2.05) is 0 Å². The Morgan fingerprint density at radius 2 is 2.32 bits per heavy atom. The number of nitrogens with zero attached hydrogens (tertiary/aromatic N) is 1. The number of piperidine rings is 1. The molecule has 1 unspecified atom stereocenters. The maximum Gasteiger partial charge on any atom is 0.422 e. The molecule has 2 heterocycles. The Hall–Kier alpha value is -1.83. The van der Waals surface area contributed by atoms with E-state index in [1.165, 1.54) is 18.3 Å². The quantitative estimate of drug-likeness (QED) is 0.868. The van der Waals surface area contributed by atoms with Crippen molar-refractivity contribution in [3.63, 3.8) is 0 Å². The van der Waals surface area contributed by atoms with E-state index < -0.39 is 18.7 Å². The predicted molar refractivity (Wildman–Crippen MR) is 73.7 cm³/mol. The van der Waals surface area contributed by atoms with Crippen LogP contribution in [0.1, 0.15) is 23.2 Å². The van der Waals surface area contributed by atoms with E-state index >= 15 is 0 Å². The minimum atomic E-state index is -4.47. The number of amides is 1. The highest BCUT2D eigenvalue weighted by Crippen LogP contribution is 2.20. The zero-order valence-corrected chi connectivity index (χ0v) is 11.9. The van der Waals surface area contributed by atoms with E-state index in [-0.39, 0.29) is 11.4 Å². The summed E-state index contributed by atoms with van der Waals surface area (Å²) in [6.07, 6.45) is -1.13. The van der Waals surface area contributed by atoms with Gasteiger partial charge < -0.3 is 15.4 Å². The average molecular weight is 317 g/mol. The second-order valence-electron chi connectivity index (χ2n) is 5.18. The van der Waals surface area contributed by atoms with Gasteiger partial charge in [-0.15, -0.1) is 0 Å². The number of pyridine rings is 1. The number of hydrogen-bond acceptors (Lipinski definition) is 4. The molecule has 1 aromatic rings. The maximum absolute atomic E-state index is 12.2. The molecule has 1 amide bonds. The second kappa shape index (κ2) is 7.44. The van der Waals surface area contributed by atoms with Crippen LogP contribution in [0, 0.1) is 5.92 Å². The van der Waals surface area contributed by atoms with Gasteiger partial charge in [0.05, 0.1) is 0 Å². The van der Waals surface area contributed by atoms with E-state index in [0.717, 1.165) is 25.9 Å². The molecule has 0 bridgehead atoms. The van der Waals surface area contributed by atoms with Crippen molar-refractivity contribution in [2.75, 3.05) is 26.2 Å². The van der Waals surface area contributed by atoms with Gasteiger partial charge in [0, 0.05) is 12.7 Å². The molecule has 0 aromatic carbocycles. The van der Waals surface area contributed by atoms with Gasteiger partial charge in [-0.1, -0.05) is 0 Å². The lowest BCUT2D eigenvalue weighted by molar-refractivity contribution is -0.154. The minimum absolute atomic E-state index is 0.00974. The number of carbonyl (C=O) groups excluding carboxylic acids is 1. The molecule has 2 N–H and O–H groups in total. The van der Waals surface area contributed by atoms with Crippen LogP contribution in [0.3, 0.4) is 0 Å². The highest BCUT2D eigenvalue weighted by Gasteiger charge is 2.29. The maximum atomic E-state index is 12.2. The number of halogens is 3. The molecule has 0 aliphatic carbocycles. The fraction of sp³-hybridized carbons (Fsp3) is 0.571. The van der Waals surface area contributed by atoms with Crippen molar-refractivity contribution in [1.82, 2.24) is 15.6 Å². The zero-order valence-electron chi connectivity index (χ0n) is 11.9. The van der Waals surface area contributed by atoms with Gasteiger partial charge in [0.15, 0.2) is 6.61 Å². The van der Waals surface area contributed by atoms with Crippen molar-refractivity contribution in [2.45, 2.75) is 19.0 Å². The number of alkyl halides is 3. The van der Waals surface area contributed by atoms with Crippen LogP contribution in [0.4, 0.5) is 13.2 Å². The average Bonchev–Trinajstić information content (AvgIpc) is 2.51. The summed E-state index contributed by atoms with van der Waals surface area (Å²) in [6, 6.07) is 2.88. The van der Waals surface area contributed by atoms with Gasteiger partial charge >= 0.3 is 6.18 Å². The lowest BCUT2D eigenvalue weighted by Gasteiger charge is -2.23. The van der Waals surface area contributed by atoms with Crippen LogP contribution in [-0.2, 0) is 0 Å². The highest BCUT2D eigenvalue weighted by molar-refractivity contribution is 5.96. The number of ether oxygens (including phenoxy) is 1. The third-order valence-electron chi connectivity index (χ3n) is 3.34. The van der Waals surface area contributed by atoms with Crippen molar-refractivity contribution >= 4 is 5.91 Å². The largest absolute Gasteiger partial charge is 0.467 e. The zero-order chi connectivity index (χ0) is 16.0. The SMILES string of the molecule is O=C(NCC1CCCNC1)c1cccnc1OCC(F)(F)F. The molecule has 1 aliphatic rings. The van der Waals surface area contributed by atoms with Crippen molar-refractivity contribution in [1.29, 1.82) is 0 Å². The Bertz CT molecular complexity index is 502. The Kier molecular flexibility index (Phi) is 5.59. The molecule has 8 heteroatoms. The van der Waals surface area contributed by atoms with Crippen LogP contribution >= 0.6 is 0 Å². The van der Waals surface area contributed by atoms with E-state index in [1.54, 1.807) is 0 Å². The minimum Gasteiger partial charge on any atom is -0.467 e. The third-order valence-corrected chi connectivity index (χ3v) is 3.34. The van der Waals surface area contributed by atoms with Crippen molar-refractivity contribution in [2.24, 2.45) is 5.92 Å². The van der Waals surface area contributed by atoms with Crippen LogP contribution < -0.4 is 15.4 Å². The Morgan fingerprint density at radius 1 is 1.50 bits per heavy atom. The van der Waals surface area contributed by atoms with E-state index in [4.69, 9.17) is 0 Å². The van der Waals surface area contributed by atoms with Crippen molar-refractivity contribution in [3.05, 3.63) is 23.9 Å². The topological polar surface area (TPSA) is 63.2 Å². The second-order valence-corrected chi connectivity index (χ2v) is 5.18. The van der Waals surface area contributed by atoms with Gasteiger partial charge in [-0.2, -0.15) is 13.2 Å². The predicted octanol–water partition coefficient (Wildman–Crippen LogP) is 1.75. The summed E-state index contributed by atoms with van der Waals surface area (Å²) >= 11 is 0. The fourth-order valence-corrected chi connectivity index (χ4v) is 2.26. The number of carbonyl (C=O) groups is 1. The van der Waals surface area contributed by atoms with Crippen LogP contribution in [0.2, 0.25) is 0 Å². The number of aromatic nitrogens is 1. The molecule has 122 valence electrons. The summed E-state index contributed by atoms with van der Waals surface area (Å²) in [7, 11) is 0. The number of nitrogens with one attached hydrogen (secondary N) is 2. The molecule has 1 aliphatic heterocycles. The van der Waals surface area contributed by atoms with Gasteiger partial charge in [-0.05, 0) is 44.0 Å². The molecule has 1 saturated heterocycles. The van der Waals surface area contributed by atoms with Crippen LogP contribution in [0.25, 0.3) is 0 Å². The molecule has 0 spiro atoms. The van der Waals surface area contributed by atoms with Crippen molar-refractivity contribution < 1.29 is 22.7 Å². The van der Waals surface area contributed by atoms with Crippen LogP contribution in [0.15, 0.2) is 18.3 Å². The van der Waals surface area contributed by atoms with Gasteiger partial charge in [0.2, 0.25) is 5.88 Å². The Morgan fingerprint density at radius 3 is 3.00 bits per heavy atom. The summed E-state index contributed by atoms with van der Waals surface area (Å²) in [5.74, 6) is -0.455. The van der Waals surface area contributed by atoms with Crippen LogP contribution in [-0.4, -0.2) is 43.3 Å². The first-order valence-corrected chi connectivity index (χ1v) is 7.09. The van der Waals surface area contributed by atoms with E-state index in [9.17, 15) is 18.0 Å². The monoisotopic (exact) mass is 317 g/mol. The smallest absolute Gasteiger partial charge is 0.422 e. The molecule has 0 saturated carbocycles. The summed E-state index contributed by atoms with van der Waals surface area (Å²) in [5, 5.41) is 5.96. The lowest BCUT2D eigenvalue weighted by Crippen LogP contribution is -2.38. The first kappa shape index (κ1) is 16.5. The van der Waals surface area contributed by atoms with E-state index in [2.05, 4.69) is 20.4 Å². The molecule has 1 fully saturated rings. The molecule has 0 radical (unpaired) electrons. The Balaban J connectivity index is 1.93.